The van der Waals surface area contributed by atoms with Crippen LogP contribution in [-0.2, 0) is 17.9 Å². The van der Waals surface area contributed by atoms with Crippen LogP contribution < -0.4 is 5.32 Å². The van der Waals surface area contributed by atoms with Gasteiger partial charge in [0.25, 0.3) is 0 Å². The second-order valence-electron chi connectivity index (χ2n) is 6.73. The van der Waals surface area contributed by atoms with E-state index in [0.717, 1.165) is 57.2 Å². The number of likely N-dealkylation sites (tertiary alicyclic amines) is 1. The fourth-order valence-electron chi connectivity index (χ4n) is 3.53. The van der Waals surface area contributed by atoms with Gasteiger partial charge in [-0.15, -0.1) is 0 Å². The van der Waals surface area contributed by atoms with Gasteiger partial charge in [-0.1, -0.05) is 6.07 Å². The van der Waals surface area contributed by atoms with Crippen LogP contribution in [0.1, 0.15) is 30.9 Å². The molecule has 2 fully saturated rings. The Morgan fingerprint density at radius 1 is 1.46 bits per heavy atom. The van der Waals surface area contributed by atoms with Crippen molar-refractivity contribution in [1.82, 2.24) is 10.2 Å². The van der Waals surface area contributed by atoms with Crippen LogP contribution in [0.2, 0.25) is 0 Å². The number of guanidine groups is 1. The summed E-state index contributed by atoms with van der Waals surface area (Å²) in [5, 5.41) is 12.5. The van der Waals surface area contributed by atoms with E-state index in [1.165, 1.54) is 6.07 Å². The molecule has 24 heavy (non-hydrogen) atoms. The Labute approximate surface area is 142 Å². The lowest BCUT2D eigenvalue weighted by Gasteiger charge is -2.25. The SMILES string of the molecule is CCNC(=NCc1ccc(F)c(CO)c1)N1CCC2(CCOC2)C1. The van der Waals surface area contributed by atoms with Crippen LogP contribution in [0.25, 0.3) is 0 Å². The van der Waals surface area contributed by atoms with E-state index < -0.39 is 0 Å². The van der Waals surface area contributed by atoms with Gasteiger partial charge in [0.05, 0.1) is 19.8 Å². The molecular weight excluding hydrogens is 309 g/mol. The van der Waals surface area contributed by atoms with E-state index in [-0.39, 0.29) is 17.8 Å². The van der Waals surface area contributed by atoms with Crippen LogP contribution in [0.15, 0.2) is 23.2 Å². The summed E-state index contributed by atoms with van der Waals surface area (Å²) in [4.78, 5) is 7.01. The smallest absolute Gasteiger partial charge is 0.194 e. The van der Waals surface area contributed by atoms with Crippen molar-refractivity contribution in [2.75, 3.05) is 32.8 Å². The molecule has 1 atom stereocenters. The maximum Gasteiger partial charge on any atom is 0.194 e. The van der Waals surface area contributed by atoms with Gasteiger partial charge in [0, 0.05) is 37.2 Å². The number of rotatable bonds is 4. The Balaban J connectivity index is 1.70. The second-order valence-corrected chi connectivity index (χ2v) is 6.73. The van der Waals surface area contributed by atoms with Crippen molar-refractivity contribution < 1.29 is 14.2 Å². The molecule has 6 heteroatoms. The van der Waals surface area contributed by atoms with Crippen molar-refractivity contribution in [1.29, 1.82) is 0 Å². The maximum absolute atomic E-state index is 13.5. The van der Waals surface area contributed by atoms with Gasteiger partial charge in [-0.05, 0) is 37.5 Å². The van der Waals surface area contributed by atoms with Crippen molar-refractivity contribution in [3.05, 3.63) is 35.1 Å². The molecule has 0 radical (unpaired) electrons. The monoisotopic (exact) mass is 335 g/mol. The first-order chi connectivity index (χ1) is 11.7. The average molecular weight is 335 g/mol. The van der Waals surface area contributed by atoms with Crippen LogP contribution in [0, 0.1) is 11.2 Å². The number of nitrogens with zero attached hydrogens (tertiary/aromatic N) is 2. The third-order valence-corrected chi connectivity index (χ3v) is 4.95. The lowest BCUT2D eigenvalue weighted by atomic mass is 9.87. The van der Waals surface area contributed by atoms with Gasteiger partial charge in [-0.3, -0.25) is 0 Å². The van der Waals surface area contributed by atoms with Crippen LogP contribution in [-0.4, -0.2) is 48.8 Å². The summed E-state index contributed by atoms with van der Waals surface area (Å²) < 4.78 is 19.1. The first-order valence-corrected chi connectivity index (χ1v) is 8.65. The number of hydrogen-bond donors (Lipinski definition) is 2. The van der Waals surface area contributed by atoms with Crippen LogP contribution in [0.3, 0.4) is 0 Å². The largest absolute Gasteiger partial charge is 0.392 e. The normalized spacial score (nSPS) is 24.1. The van der Waals surface area contributed by atoms with E-state index >= 15 is 0 Å². The summed E-state index contributed by atoms with van der Waals surface area (Å²) in [6.45, 7) is 6.71. The van der Waals surface area contributed by atoms with Crippen LogP contribution >= 0.6 is 0 Å². The van der Waals surface area contributed by atoms with Crippen molar-refractivity contribution in [3.8, 4) is 0 Å². The molecule has 3 rings (SSSR count). The van der Waals surface area contributed by atoms with Crippen molar-refractivity contribution in [2.45, 2.75) is 32.9 Å². The third-order valence-electron chi connectivity index (χ3n) is 4.95. The van der Waals surface area contributed by atoms with Crippen LogP contribution in [0.5, 0.6) is 0 Å². The highest BCUT2D eigenvalue weighted by molar-refractivity contribution is 5.80. The summed E-state index contributed by atoms with van der Waals surface area (Å²) in [5.41, 5.74) is 1.50. The molecule has 0 aliphatic carbocycles. The molecule has 1 spiro atoms. The first kappa shape index (κ1) is 17.2. The van der Waals surface area contributed by atoms with Crippen molar-refractivity contribution in [2.24, 2.45) is 10.4 Å². The minimum Gasteiger partial charge on any atom is -0.392 e. The Morgan fingerprint density at radius 3 is 3.04 bits per heavy atom. The molecular formula is C18H26FN3O2. The highest BCUT2D eigenvalue weighted by Crippen LogP contribution is 2.38. The number of ether oxygens (including phenoxy) is 1. The zero-order valence-corrected chi connectivity index (χ0v) is 14.2. The number of aliphatic hydroxyl groups is 1. The minimum atomic E-state index is -0.375. The minimum absolute atomic E-state index is 0.288. The number of hydrogen-bond acceptors (Lipinski definition) is 3. The highest BCUT2D eigenvalue weighted by Gasteiger charge is 2.42. The summed E-state index contributed by atoms with van der Waals surface area (Å²) in [6, 6.07) is 4.79. The van der Waals surface area contributed by atoms with Gasteiger partial charge in [0.1, 0.15) is 5.82 Å². The first-order valence-electron chi connectivity index (χ1n) is 8.65. The summed E-state index contributed by atoms with van der Waals surface area (Å²) in [5.74, 6) is 0.524. The molecule has 0 bridgehead atoms. The van der Waals surface area contributed by atoms with Gasteiger partial charge in [0.2, 0.25) is 0 Å². The maximum atomic E-state index is 13.5. The molecule has 2 aliphatic heterocycles. The van der Waals surface area contributed by atoms with E-state index in [4.69, 9.17) is 9.73 Å². The fourth-order valence-corrected chi connectivity index (χ4v) is 3.53. The lowest BCUT2D eigenvalue weighted by Crippen LogP contribution is -2.41. The molecule has 1 aromatic carbocycles. The Kier molecular flexibility index (Phi) is 5.36. The molecule has 2 saturated heterocycles. The zero-order valence-electron chi connectivity index (χ0n) is 14.2. The molecule has 2 N–H and O–H groups in total. The highest BCUT2D eigenvalue weighted by atomic mass is 19.1. The summed E-state index contributed by atoms with van der Waals surface area (Å²) in [6.07, 6.45) is 2.27. The topological polar surface area (TPSA) is 57.1 Å². The van der Waals surface area contributed by atoms with E-state index in [2.05, 4.69) is 17.1 Å². The average Bonchev–Trinajstić information content (AvgIpc) is 3.23. The molecule has 0 amide bonds. The standard InChI is InChI=1S/C18H26FN3O2/c1-2-20-17(22-7-5-18(12-22)6-8-24-13-18)21-10-14-3-4-16(19)15(9-14)11-23/h3-4,9,23H,2,5-8,10-13H2,1H3,(H,20,21). The predicted octanol–water partition coefficient (Wildman–Crippen LogP) is 1.90. The molecule has 132 valence electrons. The summed E-state index contributed by atoms with van der Waals surface area (Å²) in [7, 11) is 0. The number of aliphatic hydroxyl groups excluding tert-OH is 1. The van der Waals surface area contributed by atoms with E-state index in [1.807, 2.05) is 0 Å². The molecule has 1 aromatic rings. The molecule has 2 heterocycles. The number of benzene rings is 1. The molecule has 1 unspecified atom stereocenters. The van der Waals surface area contributed by atoms with Gasteiger partial charge >= 0.3 is 0 Å². The predicted molar refractivity (Wildman–Crippen MR) is 91.2 cm³/mol. The van der Waals surface area contributed by atoms with E-state index in [1.54, 1.807) is 12.1 Å². The second kappa shape index (κ2) is 7.49. The Hall–Kier alpha value is -1.66. The van der Waals surface area contributed by atoms with Crippen LogP contribution in [0.4, 0.5) is 4.39 Å². The number of aliphatic imine (C=N–C) groups is 1. The molecule has 2 aliphatic rings. The van der Waals surface area contributed by atoms with Crippen molar-refractivity contribution in [3.63, 3.8) is 0 Å². The molecule has 0 saturated carbocycles. The fraction of sp³-hybridized carbons (Fsp3) is 0.611. The van der Waals surface area contributed by atoms with Crippen molar-refractivity contribution >= 4 is 5.96 Å². The summed E-state index contributed by atoms with van der Waals surface area (Å²) >= 11 is 0. The quantitative estimate of drug-likeness (QED) is 0.652. The van der Waals surface area contributed by atoms with E-state index in [0.29, 0.717) is 12.1 Å². The van der Waals surface area contributed by atoms with Gasteiger partial charge in [-0.25, -0.2) is 9.38 Å². The van der Waals surface area contributed by atoms with Gasteiger partial charge in [-0.2, -0.15) is 0 Å². The molecule has 5 nitrogen and oxygen atoms in total. The van der Waals surface area contributed by atoms with Gasteiger partial charge in [0.15, 0.2) is 5.96 Å². The van der Waals surface area contributed by atoms with E-state index in [9.17, 15) is 9.50 Å². The lowest BCUT2D eigenvalue weighted by molar-refractivity contribution is 0.156. The Bertz CT molecular complexity index is 600. The number of nitrogens with one attached hydrogen (secondary N) is 1. The van der Waals surface area contributed by atoms with Gasteiger partial charge < -0.3 is 20.1 Å². The Morgan fingerprint density at radius 2 is 2.33 bits per heavy atom. The molecule has 0 aromatic heterocycles. The third kappa shape index (κ3) is 3.70. The zero-order chi connectivity index (χ0) is 17.0. The number of halogens is 1.